The summed E-state index contributed by atoms with van der Waals surface area (Å²) in [7, 11) is 1.38. The normalized spacial score (nSPS) is 8.57. The minimum absolute atomic E-state index is 0.303. The molecule has 1 aromatic carbocycles. The second kappa shape index (κ2) is 5.96. The van der Waals surface area contributed by atoms with Crippen molar-refractivity contribution in [1.82, 2.24) is 0 Å². The van der Waals surface area contributed by atoms with E-state index < -0.39 is 11.8 Å². The molecule has 0 aliphatic carbocycles. The summed E-state index contributed by atoms with van der Waals surface area (Å²) in [6.07, 6.45) is 0. The molecule has 0 unspecified atom stereocenters. The number of hydrogen-bond acceptors (Lipinski definition) is 2. The third kappa shape index (κ3) is 3.05. The Morgan fingerprint density at radius 1 is 1.43 bits per heavy atom. The molecule has 1 rings (SSSR count). The molecule has 0 amide bonds. The number of ether oxygens (including phenoxy) is 1. The highest BCUT2D eigenvalue weighted by atomic mass is 19.1. The van der Waals surface area contributed by atoms with Crippen LogP contribution in [0.3, 0.4) is 0 Å². The molecule has 78 valence electrons. The topological polar surface area (TPSA) is 46.5 Å². The van der Waals surface area contributed by atoms with E-state index in [-0.39, 0.29) is 5.56 Å². The number of aromatic carboxylic acids is 1. The maximum Gasteiger partial charge on any atom is 0.338 e. The van der Waals surface area contributed by atoms with Crippen molar-refractivity contribution in [3.8, 4) is 5.75 Å². The van der Waals surface area contributed by atoms with Gasteiger partial charge in [-0.05, 0) is 12.1 Å². The third-order valence-corrected chi connectivity index (χ3v) is 1.41. The standard InChI is InChI=1S/C8H7FO3.C2H6/c1-12-5-2-3-6(8(10)11)7(9)4-5;1-2/h2-4H,1H3,(H,10,11);1-2H3. The Kier molecular flexibility index (Phi) is 5.29. The van der Waals surface area contributed by atoms with E-state index in [4.69, 9.17) is 9.84 Å². The fourth-order valence-corrected chi connectivity index (χ4v) is 0.796. The Labute approximate surface area is 82.1 Å². The van der Waals surface area contributed by atoms with Gasteiger partial charge >= 0.3 is 5.97 Å². The van der Waals surface area contributed by atoms with E-state index in [1.54, 1.807) is 0 Å². The Balaban J connectivity index is 0.000000791. The highest BCUT2D eigenvalue weighted by molar-refractivity contribution is 5.88. The van der Waals surface area contributed by atoms with Crippen LogP contribution < -0.4 is 4.74 Å². The van der Waals surface area contributed by atoms with E-state index in [0.29, 0.717) is 5.75 Å². The molecule has 4 heteroatoms. The molecular formula is C10H13FO3. The lowest BCUT2D eigenvalue weighted by Crippen LogP contribution is -2.00. The molecule has 14 heavy (non-hydrogen) atoms. The van der Waals surface area contributed by atoms with E-state index in [1.165, 1.54) is 13.2 Å². The molecule has 0 fully saturated rings. The Bertz CT molecular complexity index is 310. The molecule has 1 aromatic rings. The average molecular weight is 200 g/mol. The first-order valence-electron chi connectivity index (χ1n) is 4.22. The molecule has 0 saturated carbocycles. The summed E-state index contributed by atoms with van der Waals surface area (Å²) >= 11 is 0. The molecule has 0 aromatic heterocycles. The lowest BCUT2D eigenvalue weighted by atomic mass is 10.2. The number of methoxy groups -OCH3 is 1. The molecule has 0 radical (unpaired) electrons. The first-order chi connectivity index (χ1) is 6.65. The minimum Gasteiger partial charge on any atom is -0.497 e. The van der Waals surface area contributed by atoms with Gasteiger partial charge in [0.05, 0.1) is 12.7 Å². The highest BCUT2D eigenvalue weighted by Crippen LogP contribution is 2.15. The van der Waals surface area contributed by atoms with Crippen molar-refractivity contribution in [2.45, 2.75) is 13.8 Å². The Morgan fingerprint density at radius 3 is 2.36 bits per heavy atom. The van der Waals surface area contributed by atoms with Crippen LogP contribution in [0.4, 0.5) is 4.39 Å². The van der Waals surface area contributed by atoms with Gasteiger partial charge < -0.3 is 9.84 Å². The predicted molar refractivity (Wildman–Crippen MR) is 51.3 cm³/mol. The van der Waals surface area contributed by atoms with Crippen LogP contribution in [0.25, 0.3) is 0 Å². The van der Waals surface area contributed by atoms with Crippen LogP contribution in [-0.2, 0) is 0 Å². The molecule has 3 nitrogen and oxygen atoms in total. The number of benzene rings is 1. The number of carboxylic acid groups (broad SMARTS) is 1. The van der Waals surface area contributed by atoms with E-state index in [0.717, 1.165) is 12.1 Å². The number of carboxylic acids is 1. The van der Waals surface area contributed by atoms with E-state index in [2.05, 4.69) is 0 Å². The summed E-state index contributed by atoms with van der Waals surface area (Å²) in [5, 5.41) is 8.45. The fraction of sp³-hybridized carbons (Fsp3) is 0.300. The van der Waals surface area contributed by atoms with Crippen molar-refractivity contribution in [1.29, 1.82) is 0 Å². The number of hydrogen-bond donors (Lipinski definition) is 1. The van der Waals surface area contributed by atoms with Gasteiger partial charge in [-0.25, -0.2) is 9.18 Å². The largest absolute Gasteiger partial charge is 0.497 e. The Morgan fingerprint density at radius 2 is 2.00 bits per heavy atom. The lowest BCUT2D eigenvalue weighted by Gasteiger charge is -2.00. The lowest BCUT2D eigenvalue weighted by molar-refractivity contribution is 0.0692. The zero-order valence-electron chi connectivity index (χ0n) is 8.37. The van der Waals surface area contributed by atoms with E-state index >= 15 is 0 Å². The van der Waals surface area contributed by atoms with Crippen molar-refractivity contribution in [3.05, 3.63) is 29.6 Å². The van der Waals surface area contributed by atoms with Crippen molar-refractivity contribution < 1.29 is 19.0 Å². The van der Waals surface area contributed by atoms with Gasteiger partial charge in [-0.2, -0.15) is 0 Å². The zero-order chi connectivity index (χ0) is 11.1. The van der Waals surface area contributed by atoms with Crippen molar-refractivity contribution in [2.24, 2.45) is 0 Å². The van der Waals surface area contributed by atoms with Crippen LogP contribution in [0, 0.1) is 5.82 Å². The summed E-state index contributed by atoms with van der Waals surface area (Å²) in [5.41, 5.74) is -0.351. The SMILES string of the molecule is CC.COc1ccc(C(=O)O)c(F)c1. The van der Waals surface area contributed by atoms with E-state index in [1.807, 2.05) is 13.8 Å². The fourth-order valence-electron chi connectivity index (χ4n) is 0.796. The molecule has 0 heterocycles. The second-order valence-corrected chi connectivity index (χ2v) is 2.15. The quantitative estimate of drug-likeness (QED) is 0.798. The highest BCUT2D eigenvalue weighted by Gasteiger charge is 2.09. The molecule has 0 aliphatic rings. The summed E-state index contributed by atoms with van der Waals surface area (Å²) in [6, 6.07) is 3.59. The van der Waals surface area contributed by atoms with Gasteiger partial charge in [0.2, 0.25) is 0 Å². The number of carbonyl (C=O) groups is 1. The summed E-state index contributed by atoms with van der Waals surface area (Å²) in [4.78, 5) is 10.3. The summed E-state index contributed by atoms with van der Waals surface area (Å²) in [6.45, 7) is 4.00. The van der Waals surface area contributed by atoms with Crippen LogP contribution in [0.1, 0.15) is 24.2 Å². The third-order valence-electron chi connectivity index (χ3n) is 1.41. The second-order valence-electron chi connectivity index (χ2n) is 2.15. The molecule has 1 N–H and O–H groups in total. The first kappa shape index (κ1) is 12.4. The van der Waals surface area contributed by atoms with Crippen LogP contribution in [0.15, 0.2) is 18.2 Å². The van der Waals surface area contributed by atoms with Crippen molar-refractivity contribution in [3.63, 3.8) is 0 Å². The van der Waals surface area contributed by atoms with Gasteiger partial charge in [0.25, 0.3) is 0 Å². The van der Waals surface area contributed by atoms with Crippen LogP contribution in [-0.4, -0.2) is 18.2 Å². The van der Waals surface area contributed by atoms with E-state index in [9.17, 15) is 9.18 Å². The molecular weight excluding hydrogens is 187 g/mol. The van der Waals surface area contributed by atoms with Gasteiger partial charge in [0.15, 0.2) is 0 Å². The van der Waals surface area contributed by atoms with Crippen LogP contribution >= 0.6 is 0 Å². The summed E-state index contributed by atoms with van der Waals surface area (Å²) in [5.74, 6) is -1.77. The maximum absolute atomic E-state index is 12.8. The molecule has 0 spiro atoms. The van der Waals surface area contributed by atoms with Crippen molar-refractivity contribution in [2.75, 3.05) is 7.11 Å². The van der Waals surface area contributed by atoms with Crippen LogP contribution in [0.2, 0.25) is 0 Å². The zero-order valence-corrected chi connectivity index (χ0v) is 8.37. The first-order valence-corrected chi connectivity index (χ1v) is 4.22. The van der Waals surface area contributed by atoms with Gasteiger partial charge in [-0.3, -0.25) is 0 Å². The van der Waals surface area contributed by atoms with Gasteiger partial charge in [0.1, 0.15) is 11.6 Å². The van der Waals surface area contributed by atoms with Gasteiger partial charge in [-0.1, -0.05) is 13.8 Å². The average Bonchev–Trinajstić information content (AvgIpc) is 2.20. The Hall–Kier alpha value is -1.58. The number of halogens is 1. The molecule has 0 saturated heterocycles. The monoisotopic (exact) mass is 200 g/mol. The smallest absolute Gasteiger partial charge is 0.338 e. The number of rotatable bonds is 2. The minimum atomic E-state index is -1.28. The maximum atomic E-state index is 12.8. The van der Waals surface area contributed by atoms with Crippen molar-refractivity contribution >= 4 is 5.97 Å². The molecule has 0 atom stereocenters. The van der Waals surface area contributed by atoms with Crippen LogP contribution in [0.5, 0.6) is 5.75 Å². The summed E-state index contributed by atoms with van der Waals surface area (Å²) < 4.78 is 17.5. The van der Waals surface area contributed by atoms with Gasteiger partial charge in [-0.15, -0.1) is 0 Å². The molecule has 0 bridgehead atoms. The predicted octanol–water partition coefficient (Wildman–Crippen LogP) is 2.56. The molecule has 0 aliphatic heterocycles. The van der Waals surface area contributed by atoms with Gasteiger partial charge in [0, 0.05) is 6.07 Å².